The van der Waals surface area contributed by atoms with Gasteiger partial charge in [-0.25, -0.2) is 4.39 Å². The highest BCUT2D eigenvalue weighted by molar-refractivity contribution is 5.94. The molecule has 6 nitrogen and oxygen atoms in total. The van der Waals surface area contributed by atoms with Gasteiger partial charge in [-0.15, -0.1) is 0 Å². The second-order valence-corrected chi connectivity index (χ2v) is 11.4. The lowest BCUT2D eigenvalue weighted by Gasteiger charge is -2.29. The predicted molar refractivity (Wildman–Crippen MR) is 138 cm³/mol. The van der Waals surface area contributed by atoms with Gasteiger partial charge in [-0.3, -0.25) is 9.59 Å². The molecule has 2 heterocycles. The molecule has 0 spiro atoms. The number of nitrogens with one attached hydrogen (secondary N) is 1. The lowest BCUT2D eigenvalue weighted by Crippen LogP contribution is -2.37. The van der Waals surface area contributed by atoms with Crippen molar-refractivity contribution in [2.45, 2.75) is 32.6 Å². The summed E-state index contributed by atoms with van der Waals surface area (Å²) in [5.41, 5.74) is 3.26. The summed E-state index contributed by atoms with van der Waals surface area (Å²) >= 11 is 0. The lowest BCUT2D eigenvalue weighted by atomic mass is 9.86. The number of likely N-dealkylation sites (tertiary alicyclic amines) is 1. The van der Waals surface area contributed by atoms with Crippen LogP contribution in [0.15, 0.2) is 42.5 Å². The van der Waals surface area contributed by atoms with Crippen LogP contribution in [0.5, 0.6) is 0 Å². The van der Waals surface area contributed by atoms with Crippen LogP contribution in [0.3, 0.4) is 0 Å². The molecule has 36 heavy (non-hydrogen) atoms. The number of carbonyl (C=O) groups is 2. The number of benzene rings is 2. The second-order valence-electron chi connectivity index (χ2n) is 11.4. The van der Waals surface area contributed by atoms with Crippen LogP contribution >= 0.6 is 0 Å². The van der Waals surface area contributed by atoms with E-state index in [0.717, 1.165) is 18.7 Å². The lowest BCUT2D eigenvalue weighted by molar-refractivity contribution is -0.130. The van der Waals surface area contributed by atoms with Gasteiger partial charge in [0.15, 0.2) is 0 Å². The van der Waals surface area contributed by atoms with Crippen molar-refractivity contribution in [1.82, 2.24) is 10.2 Å². The van der Waals surface area contributed by atoms with Gasteiger partial charge >= 0.3 is 0 Å². The van der Waals surface area contributed by atoms with E-state index in [0.29, 0.717) is 68.3 Å². The van der Waals surface area contributed by atoms with E-state index < -0.39 is 0 Å². The van der Waals surface area contributed by atoms with Crippen molar-refractivity contribution in [3.63, 3.8) is 0 Å². The predicted octanol–water partition coefficient (Wildman–Crippen LogP) is 3.64. The van der Waals surface area contributed by atoms with Crippen LogP contribution in [-0.2, 0) is 21.4 Å². The summed E-state index contributed by atoms with van der Waals surface area (Å²) in [6, 6.07) is 13.0. The number of amides is 2. The summed E-state index contributed by atoms with van der Waals surface area (Å²) in [5, 5.41) is 2.97. The maximum Gasteiger partial charge on any atom is 0.251 e. The zero-order valence-electron chi connectivity index (χ0n) is 21.4. The number of ether oxygens (including phenoxy) is 1. The van der Waals surface area contributed by atoms with Crippen LogP contribution in [0.2, 0.25) is 0 Å². The van der Waals surface area contributed by atoms with Gasteiger partial charge in [-0.2, -0.15) is 0 Å². The van der Waals surface area contributed by atoms with E-state index in [9.17, 15) is 14.0 Å². The first-order valence-electron chi connectivity index (χ1n) is 13.0. The molecule has 1 aliphatic carbocycles. The Morgan fingerprint density at radius 1 is 1.03 bits per heavy atom. The first-order chi connectivity index (χ1) is 17.2. The minimum atomic E-state index is -0.380. The number of piperidine rings is 1. The van der Waals surface area contributed by atoms with Crippen LogP contribution in [0.1, 0.15) is 42.3 Å². The Morgan fingerprint density at radius 2 is 1.69 bits per heavy atom. The molecule has 1 N–H and O–H groups in total. The number of nitrogens with zero attached hydrogens (tertiary/aromatic N) is 2. The monoisotopic (exact) mass is 493 g/mol. The Balaban J connectivity index is 1.07. The molecular formula is C29H36FN3O3. The summed E-state index contributed by atoms with van der Waals surface area (Å²) in [6.45, 7) is 11.1. The molecule has 3 fully saturated rings. The summed E-state index contributed by atoms with van der Waals surface area (Å²) in [5.74, 6) is 0.816. The van der Waals surface area contributed by atoms with Crippen molar-refractivity contribution in [3.05, 3.63) is 65.0 Å². The van der Waals surface area contributed by atoms with Gasteiger partial charge in [0, 0.05) is 38.3 Å². The van der Waals surface area contributed by atoms with Gasteiger partial charge in [0.2, 0.25) is 5.91 Å². The summed E-state index contributed by atoms with van der Waals surface area (Å²) < 4.78 is 20.0. The number of halogens is 1. The molecule has 0 bridgehead atoms. The van der Waals surface area contributed by atoms with Gasteiger partial charge in [0.25, 0.3) is 5.91 Å². The number of morpholine rings is 1. The highest BCUT2D eigenvalue weighted by Crippen LogP contribution is 2.51. The molecule has 2 aromatic carbocycles. The molecule has 2 saturated heterocycles. The highest BCUT2D eigenvalue weighted by Gasteiger charge is 2.56. The molecule has 2 aromatic rings. The quantitative estimate of drug-likeness (QED) is 0.668. The van der Waals surface area contributed by atoms with Crippen molar-refractivity contribution in [2.24, 2.45) is 17.8 Å². The van der Waals surface area contributed by atoms with E-state index in [1.807, 2.05) is 9.80 Å². The molecule has 2 unspecified atom stereocenters. The van der Waals surface area contributed by atoms with Gasteiger partial charge in [-0.05, 0) is 52.5 Å². The number of anilines is 1. The van der Waals surface area contributed by atoms with E-state index in [4.69, 9.17) is 4.74 Å². The minimum Gasteiger partial charge on any atom is -0.378 e. The van der Waals surface area contributed by atoms with Crippen LogP contribution in [0, 0.1) is 23.6 Å². The normalized spacial score (nSPS) is 23.4. The molecule has 192 valence electrons. The number of fused-ring (bicyclic) bond motifs is 1. The number of rotatable bonds is 6. The topological polar surface area (TPSA) is 61.9 Å². The van der Waals surface area contributed by atoms with E-state index in [-0.39, 0.29) is 23.0 Å². The Kier molecular flexibility index (Phi) is 6.77. The van der Waals surface area contributed by atoms with Gasteiger partial charge < -0.3 is 19.9 Å². The zero-order valence-corrected chi connectivity index (χ0v) is 21.4. The third kappa shape index (κ3) is 5.26. The molecule has 3 aliphatic rings. The number of hydrogen-bond acceptors (Lipinski definition) is 4. The molecule has 5 rings (SSSR count). The van der Waals surface area contributed by atoms with Crippen LogP contribution < -0.4 is 10.2 Å². The molecule has 0 radical (unpaired) electrons. The van der Waals surface area contributed by atoms with Crippen LogP contribution in [0.4, 0.5) is 10.1 Å². The molecule has 0 aromatic heterocycles. The fraction of sp³-hybridized carbons (Fsp3) is 0.517. The van der Waals surface area contributed by atoms with Crippen LogP contribution in [-0.4, -0.2) is 62.7 Å². The smallest absolute Gasteiger partial charge is 0.251 e. The van der Waals surface area contributed by atoms with E-state index in [2.05, 4.69) is 50.4 Å². The van der Waals surface area contributed by atoms with Gasteiger partial charge in [0.1, 0.15) is 5.82 Å². The maximum absolute atomic E-state index is 14.6. The average Bonchev–Trinajstić information content (AvgIpc) is 3.30. The number of hydrogen-bond donors (Lipinski definition) is 1. The molecule has 2 aliphatic heterocycles. The van der Waals surface area contributed by atoms with E-state index in [1.54, 1.807) is 12.1 Å². The summed E-state index contributed by atoms with van der Waals surface area (Å²) in [7, 11) is 0. The Labute approximate surface area is 212 Å². The highest BCUT2D eigenvalue weighted by atomic mass is 19.1. The SMILES string of the molecule is CC(C)(C)c1ccc(CC(=O)N2CC3C(CNC(=O)c4ccc(N5CCOCC5)c(F)c4)C3C2)cc1. The minimum absolute atomic E-state index is 0.101. The van der Waals surface area contributed by atoms with Crippen molar-refractivity contribution in [2.75, 3.05) is 50.8 Å². The van der Waals surface area contributed by atoms with Crippen molar-refractivity contribution in [3.8, 4) is 0 Å². The standard InChI is InChI=1S/C29H36FN3O3/c1-29(2,3)21-7-4-19(5-8-21)14-27(34)33-17-23-22(24(23)18-33)16-31-28(35)20-6-9-26(25(30)15-20)32-10-12-36-13-11-32/h4-9,15,22-24H,10-14,16-18H2,1-3H3,(H,31,35). The molecule has 1 saturated carbocycles. The zero-order chi connectivity index (χ0) is 25.4. The largest absolute Gasteiger partial charge is 0.378 e. The summed E-state index contributed by atoms with van der Waals surface area (Å²) in [6.07, 6.45) is 0.428. The Bertz CT molecular complexity index is 1110. The first-order valence-corrected chi connectivity index (χ1v) is 13.0. The van der Waals surface area contributed by atoms with Gasteiger partial charge in [-0.1, -0.05) is 45.0 Å². The molecular weight excluding hydrogens is 457 g/mol. The Hall–Kier alpha value is -2.93. The fourth-order valence-electron chi connectivity index (χ4n) is 5.59. The van der Waals surface area contributed by atoms with Crippen molar-refractivity contribution < 1.29 is 18.7 Å². The third-order valence-corrected chi connectivity index (χ3v) is 7.96. The average molecular weight is 494 g/mol. The molecule has 2 atom stereocenters. The first kappa shape index (κ1) is 24.8. The second kappa shape index (κ2) is 9.85. The van der Waals surface area contributed by atoms with Crippen LogP contribution in [0.25, 0.3) is 0 Å². The van der Waals surface area contributed by atoms with Gasteiger partial charge in [0.05, 0.1) is 25.3 Å². The molecule has 7 heteroatoms. The Morgan fingerprint density at radius 3 is 2.31 bits per heavy atom. The third-order valence-electron chi connectivity index (χ3n) is 7.96. The number of carbonyl (C=O) groups excluding carboxylic acids is 2. The van der Waals surface area contributed by atoms with Crippen molar-refractivity contribution >= 4 is 17.5 Å². The molecule has 2 amide bonds. The van der Waals surface area contributed by atoms with E-state index >= 15 is 0 Å². The van der Waals surface area contributed by atoms with E-state index in [1.165, 1.54) is 11.6 Å². The van der Waals surface area contributed by atoms with Crippen molar-refractivity contribution in [1.29, 1.82) is 0 Å². The summed E-state index contributed by atoms with van der Waals surface area (Å²) in [4.78, 5) is 29.3. The fourth-order valence-corrected chi connectivity index (χ4v) is 5.59. The maximum atomic E-state index is 14.6.